The molecule has 3 heterocycles. The maximum atomic E-state index is 12.7. The summed E-state index contributed by atoms with van der Waals surface area (Å²) in [6.45, 7) is 1.32. The highest BCUT2D eigenvalue weighted by atomic mass is 16.6. The van der Waals surface area contributed by atoms with Crippen molar-refractivity contribution < 1.29 is 28.6 Å². The predicted molar refractivity (Wildman–Crippen MR) is 118 cm³/mol. The van der Waals surface area contributed by atoms with E-state index >= 15 is 0 Å². The minimum atomic E-state index is -0.767. The fourth-order valence-electron chi connectivity index (χ4n) is 3.68. The van der Waals surface area contributed by atoms with Crippen LogP contribution in [0.5, 0.6) is 0 Å². The molecule has 2 aromatic rings. The summed E-state index contributed by atoms with van der Waals surface area (Å²) >= 11 is 0. The Morgan fingerprint density at radius 1 is 1.30 bits per heavy atom. The second-order valence-corrected chi connectivity index (χ2v) is 7.54. The Bertz CT molecular complexity index is 1010. The van der Waals surface area contributed by atoms with E-state index in [4.69, 9.17) is 14.2 Å². The highest BCUT2D eigenvalue weighted by Gasteiger charge is 2.37. The Kier molecular flexibility index (Phi) is 7.01. The smallest absolute Gasteiger partial charge is 0.413 e. The minimum absolute atomic E-state index is 0.0578. The van der Waals surface area contributed by atoms with Crippen molar-refractivity contribution >= 4 is 35.4 Å². The van der Waals surface area contributed by atoms with Gasteiger partial charge in [0.15, 0.2) is 6.23 Å². The zero-order valence-electron chi connectivity index (χ0n) is 18.1. The van der Waals surface area contributed by atoms with Gasteiger partial charge in [-0.3, -0.25) is 14.9 Å². The molecular formula is C22H25N5O6. The van der Waals surface area contributed by atoms with Crippen LogP contribution in [0.15, 0.2) is 42.9 Å². The number of aromatic amines is 1. The van der Waals surface area contributed by atoms with Gasteiger partial charge in [-0.2, -0.15) is 0 Å². The molecule has 2 saturated heterocycles. The van der Waals surface area contributed by atoms with Gasteiger partial charge < -0.3 is 29.0 Å². The third-order valence-corrected chi connectivity index (χ3v) is 5.40. The first-order valence-corrected chi connectivity index (χ1v) is 10.5. The number of imidazole rings is 1. The number of methoxy groups -OCH3 is 1. The Hall–Kier alpha value is -3.70. The van der Waals surface area contributed by atoms with Crippen molar-refractivity contribution in [3.8, 4) is 0 Å². The van der Waals surface area contributed by atoms with Crippen LogP contribution in [-0.2, 0) is 23.8 Å². The number of anilines is 2. The first-order chi connectivity index (χ1) is 16.0. The van der Waals surface area contributed by atoms with Crippen molar-refractivity contribution in [3.63, 3.8) is 0 Å². The molecule has 0 aliphatic carbocycles. The number of benzene rings is 1. The van der Waals surface area contributed by atoms with Gasteiger partial charge in [-0.1, -0.05) is 0 Å². The molecule has 0 bridgehead atoms. The lowest BCUT2D eigenvalue weighted by Crippen LogP contribution is -2.41. The van der Waals surface area contributed by atoms with Crippen LogP contribution in [0.1, 0.15) is 12.1 Å². The van der Waals surface area contributed by atoms with E-state index in [0.717, 1.165) is 5.69 Å². The molecule has 0 radical (unpaired) electrons. The zero-order valence-corrected chi connectivity index (χ0v) is 18.1. The number of nitrogens with zero attached hydrogens (tertiary/aromatic N) is 3. The first-order valence-electron chi connectivity index (χ1n) is 10.5. The number of aromatic nitrogens is 2. The molecule has 2 aliphatic heterocycles. The topological polar surface area (TPSA) is 126 Å². The van der Waals surface area contributed by atoms with E-state index < -0.39 is 12.3 Å². The zero-order chi connectivity index (χ0) is 23.2. The molecule has 4 rings (SSSR count). The van der Waals surface area contributed by atoms with Gasteiger partial charge in [-0.15, -0.1) is 0 Å². The number of ether oxygens (including phenoxy) is 3. The summed E-state index contributed by atoms with van der Waals surface area (Å²) in [5, 5.41) is 2.66. The van der Waals surface area contributed by atoms with Crippen LogP contribution in [0.25, 0.3) is 6.08 Å². The summed E-state index contributed by atoms with van der Waals surface area (Å²) < 4.78 is 16.0. The molecule has 0 unspecified atom stereocenters. The minimum Gasteiger partial charge on any atom is -0.425 e. The van der Waals surface area contributed by atoms with Gasteiger partial charge in [0, 0.05) is 43.7 Å². The van der Waals surface area contributed by atoms with Crippen molar-refractivity contribution in [1.82, 2.24) is 14.9 Å². The van der Waals surface area contributed by atoms with E-state index in [1.165, 1.54) is 17.3 Å². The molecule has 2 aliphatic rings. The number of morpholine rings is 1. The van der Waals surface area contributed by atoms with Crippen LogP contribution in [0.4, 0.5) is 16.2 Å². The monoisotopic (exact) mass is 455 g/mol. The fraction of sp³-hybridized carbons (Fsp3) is 0.364. The van der Waals surface area contributed by atoms with Crippen LogP contribution in [0, 0.1) is 0 Å². The van der Waals surface area contributed by atoms with Gasteiger partial charge in [0.2, 0.25) is 5.91 Å². The number of hydrogen-bond acceptors (Lipinski definition) is 7. The number of carbonyl (C=O) groups is 3. The lowest BCUT2D eigenvalue weighted by Gasteiger charge is -2.27. The molecule has 2 atom stereocenters. The normalized spacial score (nSPS) is 20.9. The second-order valence-electron chi connectivity index (χ2n) is 7.54. The van der Waals surface area contributed by atoms with Crippen LogP contribution >= 0.6 is 0 Å². The van der Waals surface area contributed by atoms with Gasteiger partial charge in [0.1, 0.15) is 6.61 Å². The quantitative estimate of drug-likeness (QED) is 0.634. The van der Waals surface area contributed by atoms with Gasteiger partial charge in [0.05, 0.1) is 31.3 Å². The summed E-state index contributed by atoms with van der Waals surface area (Å²) in [5.41, 5.74) is 1.84. The number of amides is 3. The Balaban J connectivity index is 1.35. The van der Waals surface area contributed by atoms with Crippen molar-refractivity contribution in [2.75, 3.05) is 43.6 Å². The van der Waals surface area contributed by atoms with E-state index in [1.807, 2.05) is 0 Å². The lowest BCUT2D eigenvalue weighted by atomic mass is 10.2. The molecule has 11 nitrogen and oxygen atoms in total. The molecule has 1 aromatic heterocycles. The van der Waals surface area contributed by atoms with E-state index in [0.29, 0.717) is 37.5 Å². The number of H-pyrrole nitrogens is 1. The van der Waals surface area contributed by atoms with Gasteiger partial charge in [-0.25, -0.2) is 9.78 Å². The maximum absolute atomic E-state index is 12.7. The van der Waals surface area contributed by atoms with Crippen molar-refractivity contribution in [2.24, 2.45) is 0 Å². The molecular weight excluding hydrogens is 430 g/mol. The van der Waals surface area contributed by atoms with Crippen molar-refractivity contribution in [1.29, 1.82) is 0 Å². The number of likely N-dealkylation sites (tertiary alicyclic amines) is 1. The van der Waals surface area contributed by atoms with Crippen LogP contribution in [0.2, 0.25) is 0 Å². The number of hydrogen-bond donors (Lipinski definition) is 2. The maximum Gasteiger partial charge on any atom is 0.413 e. The molecule has 1 aromatic carbocycles. The van der Waals surface area contributed by atoms with E-state index in [-0.39, 0.29) is 24.5 Å². The van der Waals surface area contributed by atoms with Gasteiger partial charge >= 0.3 is 6.09 Å². The van der Waals surface area contributed by atoms with E-state index in [1.54, 1.807) is 48.5 Å². The fourth-order valence-corrected chi connectivity index (χ4v) is 3.68. The molecule has 174 valence electrons. The SMILES string of the molecule is CO[C@@H]1C[C@@H](OC(=O)Nc2ccc(N3CCOCC3=O)cc2)N(C(=O)/C=C/c2c[nH]cn2)C1. The third-order valence-electron chi connectivity index (χ3n) is 5.40. The highest BCUT2D eigenvalue weighted by Crippen LogP contribution is 2.23. The molecule has 33 heavy (non-hydrogen) atoms. The molecule has 3 amide bonds. The van der Waals surface area contributed by atoms with Gasteiger partial charge in [0.25, 0.3) is 5.91 Å². The first kappa shape index (κ1) is 22.5. The van der Waals surface area contributed by atoms with E-state index in [9.17, 15) is 14.4 Å². The summed E-state index contributed by atoms with van der Waals surface area (Å²) in [4.78, 5) is 47.0. The number of nitrogens with one attached hydrogen (secondary N) is 2. The summed E-state index contributed by atoms with van der Waals surface area (Å²) in [7, 11) is 1.55. The summed E-state index contributed by atoms with van der Waals surface area (Å²) in [6, 6.07) is 6.85. The summed E-state index contributed by atoms with van der Waals surface area (Å²) in [6.07, 6.45) is 4.80. The Morgan fingerprint density at radius 3 is 2.82 bits per heavy atom. The third kappa shape index (κ3) is 5.57. The molecule has 0 saturated carbocycles. The summed E-state index contributed by atoms with van der Waals surface area (Å²) in [5.74, 6) is -0.420. The number of rotatable bonds is 6. The van der Waals surface area contributed by atoms with Crippen molar-refractivity contribution in [3.05, 3.63) is 48.6 Å². The molecule has 2 fully saturated rings. The van der Waals surface area contributed by atoms with Gasteiger partial charge in [-0.05, 0) is 30.3 Å². The lowest BCUT2D eigenvalue weighted by molar-refractivity contribution is -0.132. The Morgan fingerprint density at radius 2 is 2.12 bits per heavy atom. The molecule has 0 spiro atoms. The van der Waals surface area contributed by atoms with E-state index in [2.05, 4.69) is 15.3 Å². The number of carbonyl (C=O) groups excluding carboxylic acids is 3. The van der Waals surface area contributed by atoms with Crippen molar-refractivity contribution in [2.45, 2.75) is 18.8 Å². The highest BCUT2D eigenvalue weighted by molar-refractivity contribution is 5.95. The van der Waals surface area contributed by atoms with Crippen LogP contribution in [0.3, 0.4) is 0 Å². The largest absolute Gasteiger partial charge is 0.425 e. The molecule has 2 N–H and O–H groups in total. The molecule has 11 heteroatoms. The predicted octanol–water partition coefficient (Wildman–Crippen LogP) is 1.61. The second kappa shape index (κ2) is 10.3. The standard InChI is InChI=1S/C22H25N5O6/c1-31-18-10-21(27(12-18)19(28)7-4-16-11-23-14-24-16)33-22(30)25-15-2-5-17(6-3-15)26-8-9-32-13-20(26)29/h2-7,11,14,18,21H,8-10,12-13H2,1H3,(H,23,24)(H,25,30)/b7-4+/t18-,21-/m1/s1. The van der Waals surface area contributed by atoms with Crippen LogP contribution < -0.4 is 10.2 Å². The average Bonchev–Trinajstić information content (AvgIpc) is 3.48. The average molecular weight is 455 g/mol. The van der Waals surface area contributed by atoms with Crippen LogP contribution in [-0.4, -0.2) is 78.5 Å². The Labute approximate surface area is 190 Å².